The highest BCUT2D eigenvalue weighted by Gasteiger charge is 2.53. The van der Waals surface area contributed by atoms with E-state index in [2.05, 4.69) is 26.2 Å². The SMILES string of the molecule is COC(=O)C12CCC(NC(=O)c3c(C)c(-c4c(F)cccc4F)nc4ccc(Br)cc34)(CC1)CC2. The standard InChI is InChI=1S/C27H25BrF2N2O3/c1-15-21(24(33)32-27-11-8-26(9-12-27,10-13-27)25(34)35-2)17-14-16(28)6-7-20(17)31-23(15)22-18(29)4-3-5-19(22)30/h3-7,14H,8-13H2,1-2H3,(H,32,33). The number of amides is 1. The number of esters is 1. The van der Waals surface area contributed by atoms with Gasteiger partial charge in [-0.05, 0) is 81.3 Å². The van der Waals surface area contributed by atoms with Gasteiger partial charge in [-0.25, -0.2) is 13.8 Å². The number of carbonyl (C=O) groups is 2. The minimum Gasteiger partial charge on any atom is -0.469 e. The molecule has 1 heterocycles. The smallest absolute Gasteiger partial charge is 0.311 e. The summed E-state index contributed by atoms with van der Waals surface area (Å²) < 4.78 is 35.2. The van der Waals surface area contributed by atoms with Crippen molar-refractivity contribution in [2.75, 3.05) is 7.11 Å². The third-order valence-corrected chi connectivity index (χ3v) is 8.35. The van der Waals surface area contributed by atoms with E-state index in [9.17, 15) is 18.4 Å². The van der Waals surface area contributed by atoms with E-state index in [1.807, 2.05) is 0 Å². The van der Waals surface area contributed by atoms with Crippen LogP contribution in [0.5, 0.6) is 0 Å². The Labute approximate surface area is 210 Å². The van der Waals surface area contributed by atoms with Crippen molar-refractivity contribution < 1.29 is 23.1 Å². The molecule has 3 fully saturated rings. The van der Waals surface area contributed by atoms with E-state index < -0.39 is 22.6 Å². The molecular weight excluding hydrogens is 518 g/mol. The zero-order chi connectivity index (χ0) is 25.0. The summed E-state index contributed by atoms with van der Waals surface area (Å²) in [6, 6.07) is 8.97. The summed E-state index contributed by atoms with van der Waals surface area (Å²) in [6.07, 6.45) is 4.00. The maximum Gasteiger partial charge on any atom is 0.311 e. The van der Waals surface area contributed by atoms with Gasteiger partial charge in [-0.3, -0.25) is 9.59 Å². The number of methoxy groups -OCH3 is 1. The van der Waals surface area contributed by atoms with Crippen LogP contribution in [0, 0.1) is 24.0 Å². The number of benzene rings is 2. The molecule has 3 aromatic rings. The van der Waals surface area contributed by atoms with Crippen LogP contribution in [-0.4, -0.2) is 29.5 Å². The van der Waals surface area contributed by atoms with Crippen molar-refractivity contribution in [3.63, 3.8) is 0 Å². The molecule has 3 aliphatic carbocycles. The van der Waals surface area contributed by atoms with Gasteiger partial charge >= 0.3 is 5.97 Å². The number of fused-ring (bicyclic) bond motifs is 4. The zero-order valence-electron chi connectivity index (χ0n) is 19.5. The lowest BCUT2D eigenvalue weighted by Crippen LogP contribution is -2.58. The Morgan fingerprint density at radius 3 is 2.26 bits per heavy atom. The lowest BCUT2D eigenvalue weighted by Gasteiger charge is -2.52. The Morgan fingerprint density at radius 2 is 1.66 bits per heavy atom. The number of nitrogens with zero attached hydrogens (tertiary/aromatic N) is 1. The van der Waals surface area contributed by atoms with Gasteiger partial charge in [-0.15, -0.1) is 0 Å². The molecule has 8 heteroatoms. The summed E-state index contributed by atoms with van der Waals surface area (Å²) in [5, 5.41) is 3.85. The fraction of sp³-hybridized carbons (Fsp3) is 0.370. The highest BCUT2D eigenvalue weighted by atomic mass is 79.9. The molecule has 0 spiro atoms. The molecule has 0 unspecified atom stereocenters. The van der Waals surface area contributed by atoms with Gasteiger partial charge in [0, 0.05) is 15.4 Å². The van der Waals surface area contributed by atoms with Gasteiger partial charge in [0.05, 0.1) is 34.9 Å². The Hall–Kier alpha value is -2.87. The predicted molar refractivity (Wildman–Crippen MR) is 132 cm³/mol. The van der Waals surface area contributed by atoms with Crippen LogP contribution in [0.3, 0.4) is 0 Å². The minimum absolute atomic E-state index is 0.107. The number of carbonyl (C=O) groups excluding carboxylic acids is 2. The number of rotatable bonds is 4. The fourth-order valence-corrected chi connectivity index (χ4v) is 6.15. The second-order valence-corrected chi connectivity index (χ2v) is 10.6. The second kappa shape index (κ2) is 8.66. The topological polar surface area (TPSA) is 68.3 Å². The highest BCUT2D eigenvalue weighted by Crippen LogP contribution is 2.53. The third-order valence-electron chi connectivity index (χ3n) is 7.86. The Bertz CT molecular complexity index is 1330. The van der Waals surface area contributed by atoms with Gasteiger partial charge in [0.1, 0.15) is 11.6 Å². The zero-order valence-corrected chi connectivity index (χ0v) is 21.1. The number of aromatic nitrogens is 1. The van der Waals surface area contributed by atoms with Gasteiger partial charge in [-0.1, -0.05) is 22.0 Å². The lowest BCUT2D eigenvalue weighted by molar-refractivity contribution is -0.160. The molecule has 0 radical (unpaired) electrons. The molecule has 0 atom stereocenters. The van der Waals surface area contributed by atoms with E-state index >= 15 is 0 Å². The van der Waals surface area contributed by atoms with E-state index in [4.69, 9.17) is 4.74 Å². The molecule has 1 amide bonds. The van der Waals surface area contributed by atoms with E-state index in [1.54, 1.807) is 25.1 Å². The first-order valence-electron chi connectivity index (χ1n) is 11.6. The van der Waals surface area contributed by atoms with Crippen molar-refractivity contribution in [1.82, 2.24) is 10.3 Å². The van der Waals surface area contributed by atoms with E-state index in [-0.39, 0.29) is 23.1 Å². The Balaban J connectivity index is 1.57. The first-order valence-corrected chi connectivity index (χ1v) is 12.4. The number of nitrogens with one attached hydrogen (secondary N) is 1. The summed E-state index contributed by atoms with van der Waals surface area (Å²) in [7, 11) is 1.42. The molecule has 0 saturated heterocycles. The lowest BCUT2D eigenvalue weighted by atomic mass is 9.57. The summed E-state index contributed by atoms with van der Waals surface area (Å²) >= 11 is 3.46. The number of ether oxygens (including phenoxy) is 1. The van der Waals surface area contributed by atoms with Gasteiger partial charge in [0.15, 0.2) is 0 Å². The van der Waals surface area contributed by atoms with Crippen LogP contribution in [0.1, 0.15) is 54.4 Å². The van der Waals surface area contributed by atoms with Crippen molar-refractivity contribution in [3.05, 3.63) is 63.6 Å². The first kappa shape index (κ1) is 23.9. The summed E-state index contributed by atoms with van der Waals surface area (Å²) in [5.74, 6) is -1.95. The van der Waals surface area contributed by atoms with Gasteiger partial charge in [-0.2, -0.15) is 0 Å². The quantitative estimate of drug-likeness (QED) is 0.396. The van der Waals surface area contributed by atoms with Crippen molar-refractivity contribution in [1.29, 1.82) is 0 Å². The highest BCUT2D eigenvalue weighted by molar-refractivity contribution is 9.10. The predicted octanol–water partition coefficient (Wildman–Crippen LogP) is 6.25. The molecule has 35 heavy (non-hydrogen) atoms. The van der Waals surface area contributed by atoms with E-state index in [1.165, 1.54) is 25.3 Å². The van der Waals surface area contributed by atoms with Crippen LogP contribution >= 0.6 is 15.9 Å². The molecule has 2 bridgehead atoms. The van der Waals surface area contributed by atoms with Gasteiger partial charge < -0.3 is 10.1 Å². The molecule has 1 N–H and O–H groups in total. The molecule has 3 saturated carbocycles. The van der Waals surface area contributed by atoms with Crippen molar-refractivity contribution >= 4 is 38.7 Å². The van der Waals surface area contributed by atoms with Crippen LogP contribution in [0.2, 0.25) is 0 Å². The number of halogens is 3. The van der Waals surface area contributed by atoms with Gasteiger partial charge in [0.2, 0.25) is 0 Å². The normalized spacial score (nSPS) is 23.3. The monoisotopic (exact) mass is 542 g/mol. The van der Waals surface area contributed by atoms with Crippen LogP contribution in [0.15, 0.2) is 40.9 Å². The molecular formula is C27H25BrF2N2O3. The molecule has 1 aromatic heterocycles. The average molecular weight is 543 g/mol. The van der Waals surface area contributed by atoms with Crippen molar-refractivity contribution in [2.45, 2.75) is 51.0 Å². The molecule has 6 rings (SSSR count). The number of hydrogen-bond acceptors (Lipinski definition) is 4. The average Bonchev–Trinajstić information content (AvgIpc) is 2.84. The molecule has 182 valence electrons. The number of pyridine rings is 1. The molecule has 5 nitrogen and oxygen atoms in total. The van der Waals surface area contributed by atoms with E-state index in [0.717, 1.165) is 4.47 Å². The Kier molecular flexibility index (Phi) is 5.90. The fourth-order valence-electron chi connectivity index (χ4n) is 5.79. The van der Waals surface area contributed by atoms with Crippen LogP contribution in [0.4, 0.5) is 8.78 Å². The first-order chi connectivity index (χ1) is 16.7. The summed E-state index contributed by atoms with van der Waals surface area (Å²) in [6.45, 7) is 1.67. The van der Waals surface area contributed by atoms with Crippen molar-refractivity contribution in [2.24, 2.45) is 5.41 Å². The van der Waals surface area contributed by atoms with Crippen LogP contribution in [-0.2, 0) is 9.53 Å². The summed E-state index contributed by atoms with van der Waals surface area (Å²) in [5.41, 5.74) is 0.194. The summed E-state index contributed by atoms with van der Waals surface area (Å²) in [4.78, 5) is 30.7. The van der Waals surface area contributed by atoms with Gasteiger partial charge in [0.25, 0.3) is 5.91 Å². The molecule has 0 aliphatic heterocycles. The maximum atomic E-state index is 14.7. The minimum atomic E-state index is -0.735. The largest absolute Gasteiger partial charge is 0.469 e. The molecule has 2 aromatic carbocycles. The maximum absolute atomic E-state index is 14.7. The third kappa shape index (κ3) is 3.92. The van der Waals surface area contributed by atoms with Crippen LogP contribution < -0.4 is 5.32 Å². The van der Waals surface area contributed by atoms with Crippen molar-refractivity contribution in [3.8, 4) is 11.3 Å². The second-order valence-electron chi connectivity index (χ2n) is 9.72. The van der Waals surface area contributed by atoms with Crippen LogP contribution in [0.25, 0.3) is 22.2 Å². The number of hydrogen-bond donors (Lipinski definition) is 1. The Morgan fingerprint density at radius 1 is 1.03 bits per heavy atom. The molecule has 3 aliphatic rings. The van der Waals surface area contributed by atoms with E-state index in [0.29, 0.717) is 60.6 Å².